The van der Waals surface area contributed by atoms with Crippen LogP contribution in [-0.2, 0) is 6.18 Å². The maximum atomic E-state index is 13.1. The van der Waals surface area contributed by atoms with E-state index in [1.807, 2.05) is 0 Å². The molecule has 6 nitrogen and oxygen atoms in total. The van der Waals surface area contributed by atoms with Crippen LogP contribution in [0, 0.1) is 6.92 Å². The van der Waals surface area contributed by atoms with Gasteiger partial charge in [-0.25, -0.2) is 9.78 Å². The molecule has 146 valence electrons. The number of pyridine rings is 1. The van der Waals surface area contributed by atoms with Crippen molar-refractivity contribution in [3.63, 3.8) is 0 Å². The molecule has 0 radical (unpaired) electrons. The average molecular weight is 392 g/mol. The lowest BCUT2D eigenvalue weighted by molar-refractivity contribution is -0.140. The molecule has 1 N–H and O–H groups in total. The number of aryl methyl sites for hydroxylation is 1. The Morgan fingerprint density at radius 1 is 1.32 bits per heavy atom. The Morgan fingerprint density at radius 2 is 2.07 bits per heavy atom. The first-order valence-corrected chi connectivity index (χ1v) is 8.44. The lowest BCUT2D eigenvalue weighted by Gasteiger charge is -2.41. The van der Waals surface area contributed by atoms with E-state index >= 15 is 0 Å². The van der Waals surface area contributed by atoms with Crippen molar-refractivity contribution in [3.05, 3.63) is 53.5 Å². The zero-order chi connectivity index (χ0) is 20.1. The Kier molecular flexibility index (Phi) is 4.17. The quantitative estimate of drug-likeness (QED) is 0.720. The normalized spacial score (nSPS) is 14.9. The average Bonchev–Trinajstić information content (AvgIpc) is 2.92. The number of rotatable bonds is 4. The number of halogens is 3. The van der Waals surface area contributed by atoms with Crippen molar-refractivity contribution in [1.29, 1.82) is 0 Å². The van der Waals surface area contributed by atoms with E-state index in [-0.39, 0.29) is 30.4 Å². The molecular formula is C19H15F3N2O4. The summed E-state index contributed by atoms with van der Waals surface area (Å²) in [6, 6.07) is 7.67. The molecule has 0 unspecified atom stereocenters. The van der Waals surface area contributed by atoms with E-state index in [4.69, 9.17) is 9.15 Å². The van der Waals surface area contributed by atoms with Crippen LogP contribution in [0.4, 0.5) is 18.9 Å². The van der Waals surface area contributed by atoms with Gasteiger partial charge < -0.3 is 19.2 Å². The van der Waals surface area contributed by atoms with Crippen LogP contribution in [0.25, 0.3) is 11.0 Å². The number of carbonyl (C=O) groups is 1. The van der Waals surface area contributed by atoms with Gasteiger partial charge in [-0.15, -0.1) is 0 Å². The zero-order valence-electron chi connectivity index (χ0n) is 14.7. The minimum absolute atomic E-state index is 0.0175. The van der Waals surface area contributed by atoms with Crippen LogP contribution < -0.4 is 9.64 Å². The maximum Gasteiger partial charge on any atom is 0.435 e. The van der Waals surface area contributed by atoms with Gasteiger partial charge >= 0.3 is 12.1 Å². The second kappa shape index (κ2) is 6.43. The largest absolute Gasteiger partial charge is 0.487 e. The number of carboxylic acid groups (broad SMARTS) is 1. The number of anilines is 1. The second-order valence-electron chi connectivity index (χ2n) is 6.51. The number of hydrogen-bond acceptors (Lipinski definition) is 5. The molecule has 1 aliphatic heterocycles. The second-order valence-corrected chi connectivity index (χ2v) is 6.51. The highest BCUT2D eigenvalue weighted by molar-refractivity contribution is 6.03. The summed E-state index contributed by atoms with van der Waals surface area (Å²) in [5.41, 5.74) is -0.401. The first-order chi connectivity index (χ1) is 13.2. The molecular weight excluding hydrogens is 377 g/mol. The topological polar surface area (TPSA) is 75.8 Å². The van der Waals surface area contributed by atoms with E-state index in [0.717, 1.165) is 6.20 Å². The van der Waals surface area contributed by atoms with E-state index in [0.29, 0.717) is 22.5 Å². The van der Waals surface area contributed by atoms with Gasteiger partial charge in [0.1, 0.15) is 28.8 Å². The highest BCUT2D eigenvalue weighted by Crippen LogP contribution is 2.37. The Bertz CT molecular complexity index is 1060. The molecule has 0 aliphatic carbocycles. The van der Waals surface area contributed by atoms with E-state index in [1.165, 1.54) is 12.1 Å². The number of aromatic carboxylic acids is 1. The van der Waals surface area contributed by atoms with E-state index in [2.05, 4.69) is 4.98 Å². The molecule has 0 saturated carbocycles. The smallest absolute Gasteiger partial charge is 0.435 e. The summed E-state index contributed by atoms with van der Waals surface area (Å²) in [5.74, 6) is -0.368. The lowest BCUT2D eigenvalue weighted by Crippen LogP contribution is -2.54. The van der Waals surface area contributed by atoms with Gasteiger partial charge in [-0.05, 0) is 37.3 Å². The molecule has 4 rings (SSSR count). The first kappa shape index (κ1) is 18.1. The van der Waals surface area contributed by atoms with Crippen LogP contribution in [0.1, 0.15) is 21.8 Å². The maximum absolute atomic E-state index is 13.1. The summed E-state index contributed by atoms with van der Waals surface area (Å²) >= 11 is 0. The fourth-order valence-electron chi connectivity index (χ4n) is 3.31. The fourth-order valence-corrected chi connectivity index (χ4v) is 3.31. The predicted molar refractivity (Wildman–Crippen MR) is 93.8 cm³/mol. The van der Waals surface area contributed by atoms with Crippen molar-refractivity contribution in [2.45, 2.75) is 19.2 Å². The number of furan rings is 1. The summed E-state index contributed by atoms with van der Waals surface area (Å²) < 4.78 is 50.5. The van der Waals surface area contributed by atoms with Gasteiger partial charge in [-0.2, -0.15) is 13.2 Å². The molecule has 1 fully saturated rings. The highest BCUT2D eigenvalue weighted by Gasteiger charge is 2.39. The number of benzene rings is 1. The molecule has 0 amide bonds. The summed E-state index contributed by atoms with van der Waals surface area (Å²) in [6.45, 7) is 2.10. The number of ether oxygens (including phenoxy) is 1. The third-order valence-corrected chi connectivity index (χ3v) is 4.60. The number of nitrogens with zero attached hydrogens (tertiary/aromatic N) is 2. The van der Waals surface area contributed by atoms with Gasteiger partial charge in [0.15, 0.2) is 5.69 Å². The van der Waals surface area contributed by atoms with E-state index < -0.39 is 17.8 Å². The van der Waals surface area contributed by atoms with Crippen molar-refractivity contribution >= 4 is 22.6 Å². The van der Waals surface area contributed by atoms with Crippen molar-refractivity contribution in [2.24, 2.45) is 0 Å². The van der Waals surface area contributed by atoms with Gasteiger partial charge in [0.2, 0.25) is 0 Å². The van der Waals surface area contributed by atoms with Crippen molar-refractivity contribution < 1.29 is 32.2 Å². The first-order valence-electron chi connectivity index (χ1n) is 8.44. The minimum Gasteiger partial charge on any atom is -0.487 e. The third-order valence-electron chi connectivity index (χ3n) is 4.60. The molecule has 0 spiro atoms. The molecule has 9 heteroatoms. The Hall–Kier alpha value is -3.23. The predicted octanol–water partition coefficient (Wildman–Crippen LogP) is 4.12. The van der Waals surface area contributed by atoms with Gasteiger partial charge in [-0.3, -0.25) is 0 Å². The van der Waals surface area contributed by atoms with Crippen molar-refractivity contribution in [1.82, 2.24) is 4.98 Å². The van der Waals surface area contributed by atoms with E-state index in [1.54, 1.807) is 30.0 Å². The van der Waals surface area contributed by atoms with Crippen LogP contribution in [-0.4, -0.2) is 35.3 Å². The number of alkyl halides is 3. The molecule has 2 aromatic heterocycles. The lowest BCUT2D eigenvalue weighted by atomic mass is 10.1. The van der Waals surface area contributed by atoms with Crippen LogP contribution in [0.5, 0.6) is 5.75 Å². The summed E-state index contributed by atoms with van der Waals surface area (Å²) in [4.78, 5) is 16.4. The monoisotopic (exact) mass is 392 g/mol. The fraction of sp³-hybridized carbons (Fsp3) is 0.263. The Morgan fingerprint density at radius 3 is 2.75 bits per heavy atom. The number of aromatic nitrogens is 1. The Balaban J connectivity index is 1.50. The number of hydrogen-bond donors (Lipinski definition) is 1. The van der Waals surface area contributed by atoms with Gasteiger partial charge in [0, 0.05) is 11.6 Å². The molecule has 0 atom stereocenters. The molecule has 1 aromatic carbocycles. The molecule has 3 aromatic rings. The third kappa shape index (κ3) is 3.12. The summed E-state index contributed by atoms with van der Waals surface area (Å²) in [5, 5.41) is 9.75. The molecule has 1 saturated heterocycles. The Labute approximate surface area is 157 Å². The molecule has 3 heterocycles. The van der Waals surface area contributed by atoms with Gasteiger partial charge in [-0.1, -0.05) is 0 Å². The SMILES string of the molecule is Cc1oc2ccc(OC3CN(c4cccnc4C(F)(F)F)C3)cc2c1C(=O)O. The summed E-state index contributed by atoms with van der Waals surface area (Å²) in [7, 11) is 0. The van der Waals surface area contributed by atoms with Crippen LogP contribution in [0.3, 0.4) is 0 Å². The molecule has 1 aliphatic rings. The summed E-state index contributed by atoms with van der Waals surface area (Å²) in [6.07, 6.45) is -3.73. The minimum atomic E-state index is -4.53. The van der Waals surface area contributed by atoms with Gasteiger partial charge in [0.25, 0.3) is 0 Å². The van der Waals surface area contributed by atoms with Crippen LogP contribution in [0.15, 0.2) is 40.9 Å². The number of carboxylic acids is 1. The van der Waals surface area contributed by atoms with Gasteiger partial charge in [0.05, 0.1) is 18.8 Å². The number of fused-ring (bicyclic) bond motifs is 1. The van der Waals surface area contributed by atoms with Crippen LogP contribution >= 0.6 is 0 Å². The van der Waals surface area contributed by atoms with Crippen LogP contribution in [0.2, 0.25) is 0 Å². The molecule has 0 bridgehead atoms. The standard InChI is InChI=1S/C19H15F3N2O4/c1-10-16(18(25)26)13-7-11(4-5-15(13)27-10)28-12-8-24(9-12)14-3-2-6-23-17(14)19(20,21)22/h2-7,12H,8-9H2,1H3,(H,25,26). The zero-order valence-corrected chi connectivity index (χ0v) is 14.7. The van der Waals surface area contributed by atoms with Crippen molar-refractivity contribution in [3.8, 4) is 5.75 Å². The van der Waals surface area contributed by atoms with E-state index in [9.17, 15) is 23.1 Å². The molecule has 28 heavy (non-hydrogen) atoms. The highest BCUT2D eigenvalue weighted by atomic mass is 19.4. The van der Waals surface area contributed by atoms with Crippen molar-refractivity contribution in [2.75, 3.05) is 18.0 Å².